The van der Waals surface area contributed by atoms with Gasteiger partial charge in [-0.1, -0.05) is 12.5 Å². The second-order valence-electron chi connectivity index (χ2n) is 3.17. The lowest BCUT2D eigenvalue weighted by Crippen LogP contribution is -2.01. The Morgan fingerprint density at radius 1 is 1.40 bits per heavy atom. The van der Waals surface area contributed by atoms with Gasteiger partial charge in [0.1, 0.15) is 5.78 Å². The molecule has 0 aliphatic carbocycles. The van der Waals surface area contributed by atoms with E-state index in [2.05, 4.69) is 13.5 Å². The van der Waals surface area contributed by atoms with E-state index in [0.29, 0.717) is 12.3 Å². The van der Waals surface area contributed by atoms with Gasteiger partial charge in [-0.3, -0.25) is 0 Å². The quantitative estimate of drug-likeness (QED) is 0.548. The molecule has 0 aliphatic rings. The lowest BCUT2D eigenvalue weighted by molar-refractivity contribution is -0.117. The zero-order valence-electron chi connectivity index (χ0n) is 7.11. The SMILES string of the molecule is C=C(C)CC(C)CC(C)=O. The Hall–Kier alpha value is -0.590. The van der Waals surface area contributed by atoms with Crippen LogP contribution >= 0.6 is 0 Å². The zero-order chi connectivity index (χ0) is 8.15. The minimum absolute atomic E-state index is 0.272. The summed E-state index contributed by atoms with van der Waals surface area (Å²) in [6.07, 6.45) is 1.66. The number of Topliss-reactive ketones (excluding diaryl/α,β-unsaturated/α-hetero) is 1. The molecule has 0 spiro atoms. The van der Waals surface area contributed by atoms with Crippen molar-refractivity contribution in [1.29, 1.82) is 0 Å². The van der Waals surface area contributed by atoms with Crippen LogP contribution in [0.15, 0.2) is 12.2 Å². The first kappa shape index (κ1) is 9.41. The van der Waals surface area contributed by atoms with Crippen molar-refractivity contribution in [2.75, 3.05) is 0 Å². The van der Waals surface area contributed by atoms with Crippen molar-refractivity contribution in [3.8, 4) is 0 Å². The van der Waals surface area contributed by atoms with Crippen molar-refractivity contribution in [3.63, 3.8) is 0 Å². The predicted molar refractivity (Wildman–Crippen MR) is 43.9 cm³/mol. The van der Waals surface area contributed by atoms with E-state index in [-0.39, 0.29) is 5.78 Å². The summed E-state index contributed by atoms with van der Waals surface area (Å²) in [5, 5.41) is 0. The molecule has 0 heterocycles. The fraction of sp³-hybridized carbons (Fsp3) is 0.667. The molecule has 0 N–H and O–H groups in total. The van der Waals surface area contributed by atoms with Gasteiger partial charge in [0, 0.05) is 6.42 Å². The van der Waals surface area contributed by atoms with Crippen molar-refractivity contribution >= 4 is 5.78 Å². The highest BCUT2D eigenvalue weighted by molar-refractivity contribution is 5.75. The van der Waals surface area contributed by atoms with Crippen LogP contribution in [-0.4, -0.2) is 5.78 Å². The molecule has 0 saturated heterocycles. The Morgan fingerprint density at radius 2 is 1.90 bits per heavy atom. The van der Waals surface area contributed by atoms with Gasteiger partial charge in [0.15, 0.2) is 0 Å². The second kappa shape index (κ2) is 4.26. The first-order valence-corrected chi connectivity index (χ1v) is 3.66. The van der Waals surface area contributed by atoms with Crippen LogP contribution in [-0.2, 0) is 4.79 Å². The van der Waals surface area contributed by atoms with Crippen molar-refractivity contribution in [2.45, 2.75) is 33.6 Å². The van der Waals surface area contributed by atoms with E-state index in [1.807, 2.05) is 6.92 Å². The molecule has 0 bridgehead atoms. The Balaban J connectivity index is 3.53. The molecule has 1 heteroatoms. The van der Waals surface area contributed by atoms with Crippen LogP contribution < -0.4 is 0 Å². The molecule has 0 saturated carbocycles. The molecule has 0 aromatic carbocycles. The average Bonchev–Trinajstić information content (AvgIpc) is 1.58. The summed E-state index contributed by atoms with van der Waals surface area (Å²) in [7, 11) is 0. The smallest absolute Gasteiger partial charge is 0.130 e. The molecule has 1 nitrogen and oxygen atoms in total. The first-order valence-electron chi connectivity index (χ1n) is 3.66. The third-order valence-electron chi connectivity index (χ3n) is 1.33. The molecule has 0 amide bonds. The molecule has 0 aromatic rings. The van der Waals surface area contributed by atoms with Gasteiger partial charge >= 0.3 is 0 Å². The lowest BCUT2D eigenvalue weighted by Gasteiger charge is -2.07. The number of hydrogen-bond acceptors (Lipinski definition) is 1. The van der Waals surface area contributed by atoms with Crippen LogP contribution in [0.25, 0.3) is 0 Å². The molecule has 1 atom stereocenters. The molecule has 0 rings (SSSR count). The average molecular weight is 140 g/mol. The predicted octanol–water partition coefficient (Wildman–Crippen LogP) is 2.57. The van der Waals surface area contributed by atoms with Gasteiger partial charge in [0.2, 0.25) is 0 Å². The number of carbonyl (C=O) groups excluding carboxylic acids is 1. The van der Waals surface area contributed by atoms with E-state index in [0.717, 1.165) is 12.0 Å². The minimum Gasteiger partial charge on any atom is -0.300 e. The second-order valence-corrected chi connectivity index (χ2v) is 3.17. The molecule has 58 valence electrons. The van der Waals surface area contributed by atoms with E-state index in [4.69, 9.17) is 0 Å². The maximum Gasteiger partial charge on any atom is 0.130 e. The number of rotatable bonds is 4. The van der Waals surface area contributed by atoms with E-state index in [1.54, 1.807) is 6.92 Å². The summed E-state index contributed by atoms with van der Waals surface area (Å²) < 4.78 is 0. The molecule has 0 aromatic heterocycles. The lowest BCUT2D eigenvalue weighted by atomic mass is 9.98. The van der Waals surface area contributed by atoms with Gasteiger partial charge in [-0.2, -0.15) is 0 Å². The van der Waals surface area contributed by atoms with Gasteiger partial charge < -0.3 is 4.79 Å². The van der Waals surface area contributed by atoms with Gasteiger partial charge in [0.25, 0.3) is 0 Å². The molecule has 1 unspecified atom stereocenters. The summed E-state index contributed by atoms with van der Waals surface area (Å²) in [4.78, 5) is 10.6. The van der Waals surface area contributed by atoms with Gasteiger partial charge in [-0.15, -0.1) is 6.58 Å². The third-order valence-corrected chi connectivity index (χ3v) is 1.33. The van der Waals surface area contributed by atoms with Crippen LogP contribution in [0.5, 0.6) is 0 Å². The standard InChI is InChI=1S/C9H16O/c1-7(2)5-8(3)6-9(4)10/h8H,1,5-6H2,2-4H3. The van der Waals surface area contributed by atoms with Crippen LogP contribution in [0, 0.1) is 5.92 Å². The largest absolute Gasteiger partial charge is 0.300 e. The topological polar surface area (TPSA) is 17.1 Å². The van der Waals surface area contributed by atoms with Gasteiger partial charge in [-0.05, 0) is 26.2 Å². The Kier molecular flexibility index (Phi) is 4.01. The fourth-order valence-corrected chi connectivity index (χ4v) is 1.16. The normalized spacial score (nSPS) is 12.7. The van der Waals surface area contributed by atoms with Crippen molar-refractivity contribution in [3.05, 3.63) is 12.2 Å². The number of carbonyl (C=O) groups is 1. The molecule has 0 radical (unpaired) electrons. The Labute approximate surface area is 63.1 Å². The van der Waals surface area contributed by atoms with E-state index >= 15 is 0 Å². The molecular weight excluding hydrogens is 124 g/mol. The van der Waals surface area contributed by atoms with E-state index < -0.39 is 0 Å². The van der Waals surface area contributed by atoms with Crippen molar-refractivity contribution in [1.82, 2.24) is 0 Å². The van der Waals surface area contributed by atoms with E-state index in [1.165, 1.54) is 0 Å². The molecule has 0 fully saturated rings. The summed E-state index contributed by atoms with van der Waals surface area (Å²) in [6, 6.07) is 0. The summed E-state index contributed by atoms with van der Waals surface area (Å²) in [5.41, 5.74) is 1.16. The minimum atomic E-state index is 0.272. The van der Waals surface area contributed by atoms with Gasteiger partial charge in [-0.25, -0.2) is 0 Å². The third kappa shape index (κ3) is 5.54. The fourth-order valence-electron chi connectivity index (χ4n) is 1.16. The maximum absolute atomic E-state index is 10.6. The number of ketones is 1. The van der Waals surface area contributed by atoms with Crippen LogP contribution in [0.3, 0.4) is 0 Å². The van der Waals surface area contributed by atoms with E-state index in [9.17, 15) is 4.79 Å². The zero-order valence-corrected chi connectivity index (χ0v) is 7.11. The highest BCUT2D eigenvalue weighted by Gasteiger charge is 2.04. The number of hydrogen-bond donors (Lipinski definition) is 0. The van der Waals surface area contributed by atoms with Crippen molar-refractivity contribution in [2.24, 2.45) is 5.92 Å². The van der Waals surface area contributed by atoms with Crippen molar-refractivity contribution < 1.29 is 4.79 Å². The van der Waals surface area contributed by atoms with Crippen LogP contribution in [0.1, 0.15) is 33.6 Å². The first-order chi connectivity index (χ1) is 4.52. The number of allylic oxidation sites excluding steroid dienone is 1. The van der Waals surface area contributed by atoms with Crippen LogP contribution in [0.2, 0.25) is 0 Å². The Bertz CT molecular complexity index is 120. The summed E-state index contributed by atoms with van der Waals surface area (Å²) >= 11 is 0. The molecule has 0 aliphatic heterocycles. The van der Waals surface area contributed by atoms with Crippen LogP contribution in [0.4, 0.5) is 0 Å². The summed E-state index contributed by atoms with van der Waals surface area (Å²) in [6.45, 7) is 9.50. The molecule has 10 heavy (non-hydrogen) atoms. The maximum atomic E-state index is 10.6. The Morgan fingerprint density at radius 3 is 2.20 bits per heavy atom. The highest BCUT2D eigenvalue weighted by Crippen LogP contribution is 2.12. The van der Waals surface area contributed by atoms with Gasteiger partial charge in [0.05, 0.1) is 0 Å². The monoisotopic (exact) mass is 140 g/mol. The highest BCUT2D eigenvalue weighted by atomic mass is 16.1. The molecular formula is C9H16O. The summed E-state index contributed by atoms with van der Waals surface area (Å²) in [5.74, 6) is 0.740.